The minimum absolute atomic E-state index is 0. The van der Waals surface area contributed by atoms with Gasteiger partial charge in [0.25, 0.3) is 0 Å². The number of rotatable bonds is 4. The predicted molar refractivity (Wildman–Crippen MR) is 67.4 cm³/mol. The smallest absolute Gasteiger partial charge is 0.803 e. The van der Waals surface area contributed by atoms with Crippen LogP contribution in [0.25, 0.3) is 18.0 Å². The molecule has 4 N–H and O–H groups in total. The summed E-state index contributed by atoms with van der Waals surface area (Å²) < 4.78 is 0. The van der Waals surface area contributed by atoms with Gasteiger partial charge in [-0.3, -0.25) is 0 Å². The molecule has 94 valence electrons. The molecule has 0 fully saturated rings. The molecule has 1 aromatic rings. The van der Waals surface area contributed by atoms with Crippen LogP contribution >= 0.6 is 0 Å². The number of nitrogens with two attached hydrogens (primary N) is 2. The molecule has 1 aromatic carbocycles. The second-order valence-corrected chi connectivity index (χ2v) is 4.15. The van der Waals surface area contributed by atoms with E-state index in [9.17, 15) is 5.73 Å². The van der Waals surface area contributed by atoms with Gasteiger partial charge in [-0.15, -0.1) is 5.54 Å². The van der Waals surface area contributed by atoms with Crippen molar-refractivity contribution < 1.29 is 16.5 Å². The molecule has 0 aliphatic rings. The number of hydrogen-bond donors (Lipinski definition) is 0. The molecule has 3 nitrogen and oxygen atoms in total. The summed E-state index contributed by atoms with van der Waals surface area (Å²) in [7, 11) is 0. The fourth-order valence-corrected chi connectivity index (χ4v) is 1.37. The van der Waals surface area contributed by atoms with Gasteiger partial charge in [0, 0.05) is 0 Å². The fourth-order valence-electron chi connectivity index (χ4n) is 1.37. The molecule has 4 heteroatoms. The van der Waals surface area contributed by atoms with Crippen molar-refractivity contribution in [2.45, 2.75) is 38.6 Å². The number of aryl methyl sites for hydroxylation is 1. The number of benzene rings is 1. The Balaban J connectivity index is -0.000000563. The van der Waals surface area contributed by atoms with E-state index >= 15 is 0 Å². The third kappa shape index (κ3) is 10.1. The Morgan fingerprint density at radius 1 is 1.06 bits per heavy atom. The summed E-state index contributed by atoms with van der Waals surface area (Å²) in [6, 6.07) is 10.4. The van der Waals surface area contributed by atoms with Crippen molar-refractivity contribution in [1.29, 1.82) is 0 Å². The maximum absolute atomic E-state index is 9.50. The molecule has 0 bridgehead atoms. The van der Waals surface area contributed by atoms with E-state index in [1.165, 1.54) is 5.56 Å². The molecule has 0 spiro atoms. The Hall–Kier alpha value is -0.406. The monoisotopic (exact) mass is 265 g/mol. The van der Waals surface area contributed by atoms with E-state index in [4.69, 9.17) is 0 Å². The minimum Gasteiger partial charge on any atom is -0.803 e. The molecule has 0 amide bonds. The first kappa shape index (κ1) is 20.9. The topological polar surface area (TPSA) is 89.3 Å². The van der Waals surface area contributed by atoms with Crippen molar-refractivity contribution in [2.24, 2.45) is 0 Å². The van der Waals surface area contributed by atoms with Gasteiger partial charge in [-0.1, -0.05) is 57.0 Å². The Bertz CT molecular complexity index is 244. The van der Waals surface area contributed by atoms with E-state index in [-0.39, 0.29) is 28.8 Å². The van der Waals surface area contributed by atoms with E-state index in [0.29, 0.717) is 0 Å². The van der Waals surface area contributed by atoms with Crippen LogP contribution in [0.5, 0.6) is 0 Å². The van der Waals surface area contributed by atoms with Gasteiger partial charge in [0.15, 0.2) is 0 Å². The second-order valence-electron chi connectivity index (χ2n) is 4.15. The number of nitrogens with zero attached hydrogens (tertiary/aromatic N) is 1. The van der Waals surface area contributed by atoms with Crippen LogP contribution in [0.2, 0.25) is 0 Å². The van der Waals surface area contributed by atoms with Gasteiger partial charge < -0.3 is 18.0 Å². The van der Waals surface area contributed by atoms with E-state index in [1.54, 1.807) is 0 Å². The second kappa shape index (κ2) is 9.79. The molecule has 0 saturated heterocycles. The average molecular weight is 266 g/mol. The molecule has 1 rings (SSSR count). The molecule has 0 atom stereocenters. The van der Waals surface area contributed by atoms with Gasteiger partial charge in [0.05, 0.1) is 0 Å². The van der Waals surface area contributed by atoms with Crippen molar-refractivity contribution in [2.75, 3.05) is 0 Å². The van der Waals surface area contributed by atoms with Crippen molar-refractivity contribution in [3.05, 3.63) is 53.9 Å². The van der Waals surface area contributed by atoms with Gasteiger partial charge in [0.2, 0.25) is 0 Å². The molecular formula is C12H21N3Ni. The van der Waals surface area contributed by atoms with E-state index < -0.39 is 5.54 Å². The molecule has 2 radical (unpaired) electrons. The predicted octanol–water partition coefficient (Wildman–Crippen LogP) is 5.06. The zero-order valence-corrected chi connectivity index (χ0v) is 10.9. The van der Waals surface area contributed by atoms with Crippen LogP contribution in [0.1, 0.15) is 32.3 Å². The fraction of sp³-hybridized carbons (Fsp3) is 0.500. The Morgan fingerprint density at radius 3 is 2.00 bits per heavy atom. The maximum atomic E-state index is 9.50. The normalized spacial score (nSPS) is 9.44. The first-order chi connectivity index (χ1) is 6.08. The van der Waals surface area contributed by atoms with Crippen LogP contribution < -0.4 is 0 Å². The molecule has 0 aliphatic heterocycles. The third-order valence-corrected chi connectivity index (χ3v) is 2.10. The van der Waals surface area contributed by atoms with Crippen LogP contribution in [0.4, 0.5) is 0 Å². The van der Waals surface area contributed by atoms with Crippen LogP contribution in [0.15, 0.2) is 30.3 Å². The van der Waals surface area contributed by atoms with Crippen LogP contribution in [-0.2, 0) is 22.9 Å². The molecule has 0 aromatic heterocycles. The summed E-state index contributed by atoms with van der Waals surface area (Å²) in [4.78, 5) is 0. The molecule has 16 heavy (non-hydrogen) atoms. The zero-order valence-electron chi connectivity index (χ0n) is 9.93. The molecule has 0 unspecified atom stereocenters. The SMILES string of the molecule is CC(C)([N-])CCCc1ccccc1.[NH2-].[NH2-].[Ni+3]. The van der Waals surface area contributed by atoms with Gasteiger partial charge >= 0.3 is 16.5 Å². The van der Waals surface area contributed by atoms with Crippen LogP contribution in [-0.4, -0.2) is 5.54 Å². The third-order valence-electron chi connectivity index (χ3n) is 2.10. The van der Waals surface area contributed by atoms with Crippen molar-refractivity contribution in [3.63, 3.8) is 0 Å². The Labute approximate surface area is 109 Å². The molecular weight excluding hydrogens is 245 g/mol. The van der Waals surface area contributed by atoms with E-state index in [0.717, 1.165) is 19.3 Å². The van der Waals surface area contributed by atoms with E-state index in [1.807, 2.05) is 19.9 Å². The number of hydrogen-bond acceptors (Lipinski definition) is 0. The molecule has 0 aliphatic carbocycles. The van der Waals surface area contributed by atoms with Gasteiger partial charge in [0.1, 0.15) is 0 Å². The quantitative estimate of drug-likeness (QED) is 0.681. The summed E-state index contributed by atoms with van der Waals surface area (Å²) in [5, 5.41) is 0. The van der Waals surface area contributed by atoms with Crippen molar-refractivity contribution in [3.8, 4) is 0 Å². The molecule has 0 heterocycles. The van der Waals surface area contributed by atoms with Gasteiger partial charge in [-0.2, -0.15) is 0 Å². The summed E-state index contributed by atoms with van der Waals surface area (Å²) >= 11 is 0. The standard InChI is InChI=1S/C12H17N.2H2N.Ni/c1-12(2,13)10-6-9-11-7-4-3-5-8-11;;;/h3-5,7-8H,6,9-10H2,1-2H3;2*1H2;/q3*-1;+3. The minimum atomic E-state index is -0.519. The van der Waals surface area contributed by atoms with Crippen LogP contribution in [0.3, 0.4) is 0 Å². The summed E-state index contributed by atoms with van der Waals surface area (Å²) in [6.07, 6.45) is 2.97. The average Bonchev–Trinajstić information content (AvgIpc) is 2.04. The summed E-state index contributed by atoms with van der Waals surface area (Å²) in [6.45, 7) is 3.72. The Morgan fingerprint density at radius 2 is 1.56 bits per heavy atom. The largest absolute Gasteiger partial charge is 3.00 e. The first-order valence-corrected chi connectivity index (χ1v) is 4.84. The Kier molecular flexibility index (Phi) is 12.8. The van der Waals surface area contributed by atoms with Gasteiger partial charge in [-0.25, -0.2) is 0 Å². The van der Waals surface area contributed by atoms with Gasteiger partial charge in [-0.05, 0) is 12.0 Å². The van der Waals surface area contributed by atoms with Crippen LogP contribution in [0, 0.1) is 0 Å². The zero-order chi connectivity index (χ0) is 9.73. The summed E-state index contributed by atoms with van der Waals surface area (Å²) in [5.41, 5.74) is 10.3. The van der Waals surface area contributed by atoms with Crippen molar-refractivity contribution in [1.82, 2.24) is 0 Å². The summed E-state index contributed by atoms with van der Waals surface area (Å²) in [5.74, 6) is 0. The maximum Gasteiger partial charge on any atom is 3.00 e. The first-order valence-electron chi connectivity index (χ1n) is 4.84. The molecule has 0 saturated carbocycles. The van der Waals surface area contributed by atoms with Crippen molar-refractivity contribution >= 4 is 0 Å². The van der Waals surface area contributed by atoms with E-state index in [2.05, 4.69) is 24.3 Å².